The van der Waals surface area contributed by atoms with E-state index in [0.29, 0.717) is 5.02 Å². The number of amides is 2. The van der Waals surface area contributed by atoms with E-state index in [1.807, 2.05) is 6.07 Å². The molecule has 0 atom stereocenters. The number of esters is 1. The van der Waals surface area contributed by atoms with Gasteiger partial charge >= 0.3 is 12.0 Å². The van der Waals surface area contributed by atoms with Gasteiger partial charge in [-0.15, -0.1) is 0 Å². The normalized spacial score (nSPS) is 10.1. The minimum Gasteiger partial charge on any atom is -0.468 e. The predicted octanol–water partition coefficient (Wildman–Crippen LogP) is 1.78. The molecule has 0 aliphatic heterocycles. The second-order valence-electron chi connectivity index (χ2n) is 3.29. The predicted molar refractivity (Wildman–Crippen MR) is 69.0 cm³/mol. The lowest BCUT2D eigenvalue weighted by Crippen LogP contribution is -2.36. The van der Waals surface area contributed by atoms with Crippen LogP contribution in [0.3, 0.4) is 0 Å². The van der Waals surface area contributed by atoms with Crippen molar-refractivity contribution in [1.29, 1.82) is 0 Å². The molecule has 0 saturated heterocycles. The minimum absolute atomic E-state index is 0.173. The van der Waals surface area contributed by atoms with Crippen LogP contribution in [0.1, 0.15) is 5.56 Å². The van der Waals surface area contributed by atoms with Gasteiger partial charge in [0.2, 0.25) is 0 Å². The maximum Gasteiger partial charge on any atom is 0.325 e. The Morgan fingerprint density at radius 2 is 2.22 bits per heavy atom. The van der Waals surface area contributed by atoms with E-state index in [-0.39, 0.29) is 6.54 Å². The zero-order chi connectivity index (χ0) is 13.4. The van der Waals surface area contributed by atoms with E-state index in [1.165, 1.54) is 13.3 Å². The molecule has 0 aliphatic rings. The highest BCUT2D eigenvalue weighted by Crippen LogP contribution is 2.11. The van der Waals surface area contributed by atoms with E-state index in [0.717, 1.165) is 5.56 Å². The minimum atomic E-state index is -0.510. The highest BCUT2D eigenvalue weighted by atomic mass is 35.5. The average molecular weight is 269 g/mol. The Labute approximate surface area is 110 Å². The van der Waals surface area contributed by atoms with Crippen LogP contribution in [0.5, 0.6) is 0 Å². The van der Waals surface area contributed by atoms with Gasteiger partial charge in [-0.25, -0.2) is 4.79 Å². The van der Waals surface area contributed by atoms with Crippen molar-refractivity contribution in [2.24, 2.45) is 0 Å². The number of urea groups is 1. The number of methoxy groups -OCH3 is 1. The molecule has 6 heteroatoms. The summed E-state index contributed by atoms with van der Waals surface area (Å²) < 4.78 is 4.37. The fourth-order valence-corrected chi connectivity index (χ4v) is 1.30. The summed E-state index contributed by atoms with van der Waals surface area (Å²) in [4.78, 5) is 22.0. The molecule has 96 valence electrons. The highest BCUT2D eigenvalue weighted by molar-refractivity contribution is 6.30. The van der Waals surface area contributed by atoms with Gasteiger partial charge in [-0.05, 0) is 23.8 Å². The van der Waals surface area contributed by atoms with Crippen LogP contribution in [0.25, 0.3) is 6.08 Å². The molecule has 5 nitrogen and oxygen atoms in total. The molecule has 1 aromatic carbocycles. The Kier molecular flexibility index (Phi) is 5.73. The summed E-state index contributed by atoms with van der Waals surface area (Å²) in [5, 5.41) is 5.40. The summed E-state index contributed by atoms with van der Waals surface area (Å²) in [6, 6.07) is 6.68. The summed E-state index contributed by atoms with van der Waals surface area (Å²) in [5.74, 6) is -0.510. The zero-order valence-corrected chi connectivity index (χ0v) is 10.5. The van der Waals surface area contributed by atoms with Crippen LogP contribution in [0, 0.1) is 0 Å². The molecule has 0 bridgehead atoms. The largest absolute Gasteiger partial charge is 0.468 e. The zero-order valence-electron chi connectivity index (χ0n) is 9.77. The molecule has 1 rings (SSSR count). The summed E-state index contributed by atoms with van der Waals surface area (Å²) in [7, 11) is 1.25. The number of nitrogens with one attached hydrogen (secondary N) is 2. The van der Waals surface area contributed by atoms with Gasteiger partial charge in [-0.1, -0.05) is 23.7 Å². The van der Waals surface area contributed by atoms with E-state index < -0.39 is 12.0 Å². The summed E-state index contributed by atoms with van der Waals surface area (Å²) in [5.41, 5.74) is 0.857. The molecular formula is C12H13ClN2O3. The van der Waals surface area contributed by atoms with Gasteiger partial charge in [0, 0.05) is 11.2 Å². The maximum absolute atomic E-state index is 11.2. The van der Waals surface area contributed by atoms with Crippen LogP contribution >= 0.6 is 11.6 Å². The molecule has 0 saturated carbocycles. The lowest BCUT2D eigenvalue weighted by atomic mass is 10.2. The molecule has 1 aromatic rings. The molecular weight excluding hydrogens is 256 g/mol. The van der Waals surface area contributed by atoms with Gasteiger partial charge in [-0.3, -0.25) is 4.79 Å². The lowest BCUT2D eigenvalue weighted by Gasteiger charge is -2.02. The van der Waals surface area contributed by atoms with Crippen molar-refractivity contribution in [3.05, 3.63) is 41.1 Å². The quantitative estimate of drug-likeness (QED) is 0.818. The summed E-state index contributed by atoms with van der Waals surface area (Å²) >= 11 is 5.80. The van der Waals surface area contributed by atoms with Gasteiger partial charge in [0.25, 0.3) is 0 Å². The van der Waals surface area contributed by atoms with Crippen molar-refractivity contribution < 1.29 is 14.3 Å². The second kappa shape index (κ2) is 7.34. The average Bonchev–Trinajstić information content (AvgIpc) is 2.36. The fourth-order valence-electron chi connectivity index (χ4n) is 1.10. The Morgan fingerprint density at radius 1 is 1.44 bits per heavy atom. The highest BCUT2D eigenvalue weighted by Gasteiger charge is 2.02. The van der Waals surface area contributed by atoms with Crippen LogP contribution in [0.4, 0.5) is 4.79 Å². The van der Waals surface area contributed by atoms with E-state index >= 15 is 0 Å². The smallest absolute Gasteiger partial charge is 0.325 e. The van der Waals surface area contributed by atoms with Crippen LogP contribution in [-0.2, 0) is 9.53 Å². The summed E-state index contributed by atoms with van der Waals surface area (Å²) in [6.45, 7) is -0.173. The first-order chi connectivity index (χ1) is 8.61. The van der Waals surface area contributed by atoms with Gasteiger partial charge < -0.3 is 15.4 Å². The second-order valence-corrected chi connectivity index (χ2v) is 3.73. The van der Waals surface area contributed by atoms with Crippen LogP contribution < -0.4 is 10.6 Å². The number of hydrogen-bond donors (Lipinski definition) is 2. The molecule has 2 amide bonds. The number of carbonyl (C=O) groups is 2. The van der Waals surface area contributed by atoms with Gasteiger partial charge in [0.05, 0.1) is 7.11 Å². The van der Waals surface area contributed by atoms with E-state index in [9.17, 15) is 9.59 Å². The number of ether oxygens (including phenoxy) is 1. The molecule has 18 heavy (non-hydrogen) atoms. The molecule has 0 unspecified atom stereocenters. The van der Waals surface area contributed by atoms with Gasteiger partial charge in [0.1, 0.15) is 6.54 Å². The van der Waals surface area contributed by atoms with Crippen molar-refractivity contribution >= 4 is 29.7 Å². The van der Waals surface area contributed by atoms with Crippen LogP contribution in [0.2, 0.25) is 5.02 Å². The van der Waals surface area contributed by atoms with Crippen molar-refractivity contribution in [2.75, 3.05) is 13.7 Å². The first-order valence-electron chi connectivity index (χ1n) is 5.15. The van der Waals surface area contributed by atoms with Crippen LogP contribution in [0.15, 0.2) is 30.5 Å². The van der Waals surface area contributed by atoms with E-state index in [2.05, 4.69) is 15.4 Å². The van der Waals surface area contributed by atoms with E-state index in [4.69, 9.17) is 11.6 Å². The Morgan fingerprint density at radius 3 is 2.89 bits per heavy atom. The maximum atomic E-state index is 11.2. The van der Waals surface area contributed by atoms with Crippen molar-refractivity contribution in [2.45, 2.75) is 0 Å². The molecule has 0 radical (unpaired) electrons. The number of rotatable bonds is 4. The molecule has 0 heterocycles. The third-order valence-corrected chi connectivity index (χ3v) is 2.19. The van der Waals surface area contributed by atoms with Crippen molar-refractivity contribution in [1.82, 2.24) is 10.6 Å². The molecule has 0 spiro atoms. The van der Waals surface area contributed by atoms with Crippen molar-refractivity contribution in [3.63, 3.8) is 0 Å². The monoisotopic (exact) mass is 268 g/mol. The van der Waals surface area contributed by atoms with Crippen LogP contribution in [-0.4, -0.2) is 25.7 Å². The first-order valence-corrected chi connectivity index (χ1v) is 5.53. The first kappa shape index (κ1) is 14.1. The summed E-state index contributed by atoms with van der Waals surface area (Å²) in [6.07, 6.45) is 3.14. The Hall–Kier alpha value is -2.01. The standard InChI is InChI=1S/C12H13ClN2O3/c1-18-11(16)8-15-12(17)14-6-5-9-3-2-4-10(13)7-9/h2-7H,8H2,1H3,(H2,14,15,17)/b6-5+. The molecule has 2 N–H and O–H groups in total. The third kappa shape index (κ3) is 5.36. The molecule has 0 aromatic heterocycles. The third-order valence-electron chi connectivity index (χ3n) is 1.96. The van der Waals surface area contributed by atoms with Crippen molar-refractivity contribution in [3.8, 4) is 0 Å². The lowest BCUT2D eigenvalue weighted by molar-refractivity contribution is -0.139. The van der Waals surface area contributed by atoms with Gasteiger partial charge in [0.15, 0.2) is 0 Å². The SMILES string of the molecule is COC(=O)CNC(=O)N/C=C/c1cccc(Cl)c1. The number of carbonyl (C=O) groups excluding carboxylic acids is 2. The number of halogens is 1. The molecule has 0 aliphatic carbocycles. The Bertz CT molecular complexity index is 460. The molecule has 0 fully saturated rings. The number of benzene rings is 1. The Balaban J connectivity index is 2.36. The number of hydrogen-bond acceptors (Lipinski definition) is 3. The fraction of sp³-hybridized carbons (Fsp3) is 0.167. The van der Waals surface area contributed by atoms with E-state index in [1.54, 1.807) is 24.3 Å². The van der Waals surface area contributed by atoms with Gasteiger partial charge in [-0.2, -0.15) is 0 Å². The topological polar surface area (TPSA) is 67.4 Å².